The average molecular weight is 754 g/mol. The van der Waals surface area contributed by atoms with E-state index in [4.69, 9.17) is 0 Å². The van der Waals surface area contributed by atoms with Gasteiger partial charge in [-0.25, -0.2) is 0 Å². The van der Waals surface area contributed by atoms with Gasteiger partial charge in [0.25, 0.3) is 0 Å². The van der Waals surface area contributed by atoms with E-state index in [2.05, 4.69) is 89.7 Å². The first kappa shape index (κ1) is 46.7. The zero-order valence-corrected chi connectivity index (χ0v) is 33.1. The van der Waals surface area contributed by atoms with Gasteiger partial charge in [-0.3, -0.25) is 14.4 Å². The van der Waals surface area contributed by atoms with Crippen LogP contribution in [0.1, 0.15) is 90.5 Å². The third-order valence-corrected chi connectivity index (χ3v) is 11.0. The van der Waals surface area contributed by atoms with Crippen LogP contribution in [0.4, 0.5) is 0 Å². The number of hydrogen-bond acceptors (Lipinski definition) is 7. The predicted octanol–water partition coefficient (Wildman–Crippen LogP) is 7.72. The van der Waals surface area contributed by atoms with Crippen LogP contribution in [0.15, 0.2) is 103 Å². The van der Waals surface area contributed by atoms with Gasteiger partial charge in [-0.05, 0) is 77.2 Å². The summed E-state index contributed by atoms with van der Waals surface area (Å²) >= 11 is 0. The number of allylic oxidation sites excluding steroid dienone is 12. The third-order valence-electron chi connectivity index (χ3n) is 7.68. The van der Waals surface area contributed by atoms with Crippen molar-refractivity contribution in [2.75, 3.05) is 25.5 Å². The molecular formula is C42H63N3O5S2. The maximum absolute atomic E-state index is 13.2. The smallest absolute Gasteiger partial charge is 0.244 e. The van der Waals surface area contributed by atoms with Gasteiger partial charge in [0.1, 0.15) is 6.04 Å². The number of rotatable bonds is 29. The van der Waals surface area contributed by atoms with Gasteiger partial charge < -0.3 is 26.2 Å². The molecule has 0 aliphatic rings. The topological polar surface area (TPSA) is 128 Å². The SMILES string of the molecule is CC/C=C\C/C=C\C/C=C\C/C=C\C/C=C\C/C=C\CCC(=O)NCCSSC(C)(C)[C@H](NC(=O)CCCc1ccccc1)C(=O)NC(CO)CO. The normalized spacial score (nSPS) is 13.1. The van der Waals surface area contributed by atoms with Crippen LogP contribution in [-0.4, -0.2) is 70.3 Å². The summed E-state index contributed by atoms with van der Waals surface area (Å²) in [6.45, 7) is 5.54. The van der Waals surface area contributed by atoms with Crippen molar-refractivity contribution < 1.29 is 24.6 Å². The van der Waals surface area contributed by atoms with E-state index in [0.717, 1.165) is 50.5 Å². The number of nitrogens with one attached hydrogen (secondary N) is 3. The molecule has 0 heterocycles. The van der Waals surface area contributed by atoms with Crippen LogP contribution in [0.3, 0.4) is 0 Å². The molecule has 0 spiro atoms. The van der Waals surface area contributed by atoms with Crippen LogP contribution >= 0.6 is 21.6 Å². The Bertz CT molecular complexity index is 1290. The molecule has 0 radical (unpaired) electrons. The van der Waals surface area contributed by atoms with Crippen LogP contribution in [0.2, 0.25) is 0 Å². The highest BCUT2D eigenvalue weighted by Crippen LogP contribution is 2.38. The first-order valence-corrected chi connectivity index (χ1v) is 20.9. The fourth-order valence-corrected chi connectivity index (χ4v) is 7.27. The summed E-state index contributed by atoms with van der Waals surface area (Å²) in [5, 5.41) is 27.4. The summed E-state index contributed by atoms with van der Waals surface area (Å²) in [6, 6.07) is 8.20. The van der Waals surface area contributed by atoms with Crippen LogP contribution in [0, 0.1) is 0 Å². The predicted molar refractivity (Wildman–Crippen MR) is 222 cm³/mol. The van der Waals surface area contributed by atoms with Gasteiger partial charge in [-0.2, -0.15) is 0 Å². The van der Waals surface area contributed by atoms with Crippen LogP contribution in [-0.2, 0) is 20.8 Å². The number of aryl methyl sites for hydroxylation is 1. The molecule has 8 nitrogen and oxygen atoms in total. The molecule has 0 aromatic heterocycles. The summed E-state index contributed by atoms with van der Waals surface area (Å²) < 4.78 is -0.723. The van der Waals surface area contributed by atoms with E-state index in [0.29, 0.717) is 31.6 Å². The minimum atomic E-state index is -0.897. The molecule has 1 rings (SSSR count). The van der Waals surface area contributed by atoms with Crippen molar-refractivity contribution in [3.8, 4) is 0 Å². The standard InChI is InChI=1S/C42H63N3O5S2/c1-4-5-6-7-8-9-10-11-12-13-14-15-16-17-18-19-20-21-25-30-38(48)43-32-33-51-52-42(2,3)40(41(50)44-37(34-46)35-47)45-39(49)31-26-29-36-27-23-22-24-28-36/h5-6,8-9,11-12,14-15,17-18,20-24,27-28,37,40,46-47H,4,7,10,13,16,19,25-26,29-35H2,1-3H3,(H,43,48)(H,44,50)(H,45,49)/b6-5-,9-8-,12-11-,15-14-,18-17-,21-20-/t40-/m1/s1. The highest BCUT2D eigenvalue weighted by Gasteiger charge is 2.38. The summed E-state index contributed by atoms with van der Waals surface area (Å²) in [4.78, 5) is 38.4. The number of hydrogen-bond donors (Lipinski definition) is 5. The van der Waals surface area contributed by atoms with E-state index in [-0.39, 0.29) is 18.2 Å². The van der Waals surface area contributed by atoms with E-state index in [1.54, 1.807) is 0 Å². The number of amides is 3. The molecule has 0 bridgehead atoms. The summed E-state index contributed by atoms with van der Waals surface area (Å²) in [7, 11) is 2.96. The van der Waals surface area contributed by atoms with Crippen molar-refractivity contribution in [2.24, 2.45) is 0 Å². The Hall–Kier alpha value is -3.31. The highest BCUT2D eigenvalue weighted by atomic mass is 33.1. The maximum Gasteiger partial charge on any atom is 0.244 e. The molecule has 0 aliphatic heterocycles. The summed E-state index contributed by atoms with van der Waals surface area (Å²) in [5.74, 6) is -0.0955. The van der Waals surface area contributed by atoms with Gasteiger partial charge >= 0.3 is 0 Å². The molecule has 3 amide bonds. The zero-order valence-electron chi connectivity index (χ0n) is 31.5. The van der Waals surface area contributed by atoms with E-state index in [9.17, 15) is 24.6 Å². The molecule has 0 saturated heterocycles. The van der Waals surface area contributed by atoms with Gasteiger partial charge in [-0.15, -0.1) is 0 Å². The molecule has 52 heavy (non-hydrogen) atoms. The average Bonchev–Trinajstić information content (AvgIpc) is 3.13. The molecule has 1 atom stereocenters. The summed E-state index contributed by atoms with van der Waals surface area (Å²) in [6.07, 6.45) is 34.4. The quantitative estimate of drug-likeness (QED) is 0.0322. The Morgan fingerprint density at radius 2 is 1.27 bits per heavy atom. The molecule has 5 N–H and O–H groups in total. The van der Waals surface area contributed by atoms with Crippen LogP contribution in [0.5, 0.6) is 0 Å². The Morgan fingerprint density at radius 1 is 0.731 bits per heavy atom. The fourth-order valence-electron chi connectivity index (χ4n) is 4.74. The Kier molecular flexibility index (Phi) is 28.1. The van der Waals surface area contributed by atoms with Crippen molar-refractivity contribution in [1.29, 1.82) is 0 Å². The number of aliphatic hydroxyl groups is 2. The molecule has 1 aromatic rings. The Morgan fingerprint density at radius 3 is 1.81 bits per heavy atom. The second-order valence-electron chi connectivity index (χ2n) is 12.7. The number of carbonyl (C=O) groups excluding carboxylic acids is 3. The van der Waals surface area contributed by atoms with E-state index < -0.39 is 36.0 Å². The van der Waals surface area contributed by atoms with E-state index in [1.807, 2.05) is 50.3 Å². The maximum atomic E-state index is 13.2. The van der Waals surface area contributed by atoms with Crippen molar-refractivity contribution in [3.63, 3.8) is 0 Å². The lowest BCUT2D eigenvalue weighted by Crippen LogP contribution is -2.58. The number of carbonyl (C=O) groups is 3. The highest BCUT2D eigenvalue weighted by molar-refractivity contribution is 8.77. The number of benzene rings is 1. The van der Waals surface area contributed by atoms with Crippen molar-refractivity contribution >= 4 is 39.3 Å². The van der Waals surface area contributed by atoms with Gasteiger partial charge in [-0.1, -0.05) is 132 Å². The lowest BCUT2D eigenvalue weighted by Gasteiger charge is -2.33. The molecule has 288 valence electrons. The first-order valence-electron chi connectivity index (χ1n) is 18.6. The number of aliphatic hydroxyl groups excluding tert-OH is 2. The van der Waals surface area contributed by atoms with Crippen molar-refractivity contribution in [1.82, 2.24) is 16.0 Å². The third kappa shape index (κ3) is 24.8. The second kappa shape index (κ2) is 31.2. The molecule has 0 saturated carbocycles. The molecule has 0 fully saturated rings. The van der Waals surface area contributed by atoms with E-state index in [1.165, 1.54) is 21.6 Å². The largest absolute Gasteiger partial charge is 0.394 e. The van der Waals surface area contributed by atoms with Crippen LogP contribution in [0.25, 0.3) is 0 Å². The fraction of sp³-hybridized carbons (Fsp3) is 0.500. The van der Waals surface area contributed by atoms with Gasteiger partial charge in [0, 0.05) is 29.9 Å². The Labute approximate surface area is 321 Å². The first-order chi connectivity index (χ1) is 25.2. The molecule has 10 heteroatoms. The van der Waals surface area contributed by atoms with Gasteiger partial charge in [0.2, 0.25) is 17.7 Å². The lowest BCUT2D eigenvalue weighted by molar-refractivity contribution is -0.130. The van der Waals surface area contributed by atoms with Gasteiger partial charge in [0.15, 0.2) is 0 Å². The molecule has 0 unspecified atom stereocenters. The summed E-state index contributed by atoms with van der Waals surface area (Å²) in [5.41, 5.74) is 1.14. The minimum absolute atomic E-state index is 0.0107. The second-order valence-corrected chi connectivity index (χ2v) is 15.8. The van der Waals surface area contributed by atoms with Gasteiger partial charge in [0.05, 0.1) is 19.3 Å². The minimum Gasteiger partial charge on any atom is -0.394 e. The van der Waals surface area contributed by atoms with Crippen molar-refractivity contribution in [3.05, 3.63) is 109 Å². The lowest BCUT2D eigenvalue weighted by atomic mass is 10.0. The monoisotopic (exact) mass is 753 g/mol. The van der Waals surface area contributed by atoms with Crippen molar-refractivity contribution in [2.45, 2.75) is 108 Å². The van der Waals surface area contributed by atoms with E-state index >= 15 is 0 Å². The molecular weight excluding hydrogens is 691 g/mol. The van der Waals surface area contributed by atoms with Crippen LogP contribution < -0.4 is 16.0 Å². The molecule has 0 aliphatic carbocycles. The Balaban J connectivity index is 2.32. The molecule has 1 aromatic carbocycles. The zero-order chi connectivity index (χ0) is 38.1.